The van der Waals surface area contributed by atoms with Crippen molar-refractivity contribution in [2.24, 2.45) is 4.99 Å². The number of hydrogen-bond acceptors (Lipinski definition) is 5. The Balaban J connectivity index is 0.00000294. The molecule has 0 aliphatic carbocycles. The third kappa shape index (κ3) is 5.75. The van der Waals surface area contributed by atoms with Crippen LogP contribution < -0.4 is 5.32 Å². The van der Waals surface area contributed by atoms with Crippen LogP contribution in [0, 0.1) is 6.92 Å². The molecular weight excluding hydrogens is 514 g/mol. The zero-order valence-electron chi connectivity index (χ0n) is 21.9. The number of amides is 2. The van der Waals surface area contributed by atoms with E-state index in [1.807, 2.05) is 16.2 Å². The summed E-state index contributed by atoms with van der Waals surface area (Å²) in [5.74, 6) is 1.13. The fourth-order valence-corrected chi connectivity index (χ4v) is 6.90. The van der Waals surface area contributed by atoms with E-state index in [2.05, 4.69) is 82.7 Å². The fraction of sp³-hybridized carbons (Fsp3) is 0.400. The summed E-state index contributed by atoms with van der Waals surface area (Å²) < 4.78 is 0. The van der Waals surface area contributed by atoms with E-state index in [4.69, 9.17) is 4.99 Å². The predicted molar refractivity (Wildman–Crippen MR) is 158 cm³/mol. The Morgan fingerprint density at radius 1 is 1.03 bits per heavy atom. The van der Waals surface area contributed by atoms with Crippen LogP contribution in [0.25, 0.3) is 0 Å². The van der Waals surface area contributed by atoms with Gasteiger partial charge in [-0.15, -0.1) is 23.7 Å². The molecule has 200 valence electrons. The molecule has 2 saturated heterocycles. The van der Waals surface area contributed by atoms with Gasteiger partial charge >= 0.3 is 6.03 Å². The highest BCUT2D eigenvalue weighted by Crippen LogP contribution is 2.34. The molecule has 0 bridgehead atoms. The minimum Gasteiger partial charge on any atom is -0.353 e. The molecule has 1 N–H and O–H groups in total. The highest BCUT2D eigenvalue weighted by Gasteiger charge is 2.32. The van der Waals surface area contributed by atoms with E-state index in [0.717, 1.165) is 76.6 Å². The molecule has 1 aromatic heterocycles. The van der Waals surface area contributed by atoms with E-state index in [0.29, 0.717) is 6.04 Å². The van der Waals surface area contributed by atoms with Gasteiger partial charge in [0, 0.05) is 73.6 Å². The second kappa shape index (κ2) is 11.9. The molecule has 8 heteroatoms. The number of piperazine rings is 1. The first-order valence-corrected chi connectivity index (χ1v) is 14.3. The van der Waals surface area contributed by atoms with Crippen LogP contribution in [-0.2, 0) is 12.8 Å². The van der Waals surface area contributed by atoms with Gasteiger partial charge in [-0.3, -0.25) is 4.90 Å². The standard InChI is InChI=1S/C30H35N5OS.ClH/c1-22-19-26-28(37-22)20-24-9-5-6-10-27(24)32-29(26)35-18-16-33(15-17-34-14-13-31-30(34)36)25(21-35)12-11-23-7-3-2-4-8-23;/h2-10,19,25H,11-18,20-21H2,1H3,(H,31,36);1H. The molecule has 2 fully saturated rings. The number of nitrogens with zero attached hydrogens (tertiary/aromatic N) is 4. The SMILES string of the molecule is Cc1cc2c(s1)Cc1ccccc1N=C2N1CCN(CCN2CCNC2=O)C(CCc2ccccc2)C1.Cl. The minimum atomic E-state index is 0. The maximum absolute atomic E-state index is 12.1. The topological polar surface area (TPSA) is 51.2 Å². The van der Waals surface area contributed by atoms with Crippen molar-refractivity contribution in [1.29, 1.82) is 0 Å². The van der Waals surface area contributed by atoms with E-state index in [1.54, 1.807) is 0 Å². The van der Waals surface area contributed by atoms with Crippen molar-refractivity contribution in [3.8, 4) is 0 Å². The largest absolute Gasteiger partial charge is 0.353 e. The number of hydrogen-bond donors (Lipinski definition) is 1. The lowest BCUT2D eigenvalue weighted by molar-refractivity contribution is 0.0983. The quantitative estimate of drug-likeness (QED) is 0.465. The van der Waals surface area contributed by atoms with Gasteiger partial charge in [0.1, 0.15) is 5.84 Å². The van der Waals surface area contributed by atoms with Gasteiger partial charge in [-0.05, 0) is 43.0 Å². The smallest absolute Gasteiger partial charge is 0.317 e. The predicted octanol–water partition coefficient (Wildman–Crippen LogP) is 5.11. The van der Waals surface area contributed by atoms with E-state index < -0.39 is 0 Å². The molecule has 1 atom stereocenters. The summed E-state index contributed by atoms with van der Waals surface area (Å²) in [6.45, 7) is 8.36. The maximum atomic E-state index is 12.1. The zero-order valence-corrected chi connectivity index (χ0v) is 23.6. The fourth-order valence-electron chi connectivity index (χ4n) is 5.85. The average molecular weight is 550 g/mol. The number of carbonyl (C=O) groups is 1. The number of fused-ring (bicyclic) bond motifs is 2. The molecule has 4 heterocycles. The molecule has 0 saturated carbocycles. The van der Waals surface area contributed by atoms with Crippen molar-refractivity contribution >= 4 is 41.3 Å². The first kappa shape index (κ1) is 26.7. The Morgan fingerprint density at radius 2 is 1.84 bits per heavy atom. The first-order chi connectivity index (χ1) is 18.1. The molecule has 0 radical (unpaired) electrons. The zero-order chi connectivity index (χ0) is 25.2. The number of aryl methyl sites for hydroxylation is 2. The van der Waals surface area contributed by atoms with Crippen molar-refractivity contribution in [1.82, 2.24) is 20.0 Å². The van der Waals surface area contributed by atoms with Gasteiger partial charge in [0.05, 0.1) is 5.69 Å². The summed E-state index contributed by atoms with van der Waals surface area (Å²) >= 11 is 1.90. The van der Waals surface area contributed by atoms with Crippen LogP contribution in [-0.4, -0.2) is 78.4 Å². The van der Waals surface area contributed by atoms with Crippen LogP contribution in [0.3, 0.4) is 0 Å². The van der Waals surface area contributed by atoms with Gasteiger partial charge in [0.2, 0.25) is 0 Å². The summed E-state index contributed by atoms with van der Waals surface area (Å²) in [5, 5.41) is 2.94. The molecule has 0 spiro atoms. The molecular formula is C30H36ClN5OS. The number of urea groups is 1. The number of rotatable bonds is 6. The maximum Gasteiger partial charge on any atom is 0.317 e. The van der Waals surface area contributed by atoms with E-state index in [9.17, 15) is 4.79 Å². The van der Waals surface area contributed by atoms with Crippen LogP contribution in [0.1, 0.15) is 32.9 Å². The minimum absolute atomic E-state index is 0. The molecule has 3 aromatic rings. The summed E-state index contributed by atoms with van der Waals surface area (Å²) in [7, 11) is 0. The number of aliphatic imine (C=N–C) groups is 1. The van der Waals surface area contributed by atoms with Crippen molar-refractivity contribution in [3.63, 3.8) is 0 Å². The number of nitrogens with one attached hydrogen (secondary N) is 1. The molecule has 3 aliphatic heterocycles. The monoisotopic (exact) mass is 549 g/mol. The molecule has 3 aliphatic rings. The van der Waals surface area contributed by atoms with Crippen LogP contribution in [0.15, 0.2) is 65.7 Å². The summed E-state index contributed by atoms with van der Waals surface area (Å²) in [5.41, 5.74) is 5.10. The number of amidine groups is 1. The molecule has 6 rings (SSSR count). The lowest BCUT2D eigenvalue weighted by atomic mass is 10.0. The third-order valence-electron chi connectivity index (χ3n) is 7.86. The first-order valence-electron chi connectivity index (χ1n) is 13.5. The summed E-state index contributed by atoms with van der Waals surface area (Å²) in [4.78, 5) is 27.3. The molecule has 1 unspecified atom stereocenters. The molecule has 6 nitrogen and oxygen atoms in total. The lowest BCUT2D eigenvalue weighted by Crippen LogP contribution is -2.56. The van der Waals surface area contributed by atoms with Gasteiger partial charge in [-0.1, -0.05) is 48.5 Å². The Bertz CT molecular complexity index is 1290. The van der Waals surface area contributed by atoms with Crippen LogP contribution in [0.5, 0.6) is 0 Å². The van der Waals surface area contributed by atoms with Gasteiger partial charge in [0.25, 0.3) is 0 Å². The van der Waals surface area contributed by atoms with E-state index >= 15 is 0 Å². The number of halogens is 1. The number of thiophene rings is 1. The normalized spacial score (nSPS) is 19.2. The van der Waals surface area contributed by atoms with Crippen molar-refractivity contribution in [2.75, 3.05) is 45.8 Å². The van der Waals surface area contributed by atoms with Gasteiger partial charge in [-0.2, -0.15) is 0 Å². The molecule has 2 aromatic carbocycles. The van der Waals surface area contributed by atoms with Gasteiger partial charge < -0.3 is 15.1 Å². The second-order valence-corrected chi connectivity index (χ2v) is 11.7. The van der Waals surface area contributed by atoms with Crippen LogP contribution >= 0.6 is 23.7 Å². The Kier molecular flexibility index (Phi) is 8.36. The third-order valence-corrected chi connectivity index (χ3v) is 8.91. The van der Waals surface area contributed by atoms with E-state index in [1.165, 1.54) is 26.4 Å². The highest BCUT2D eigenvalue weighted by atomic mass is 35.5. The molecule has 38 heavy (non-hydrogen) atoms. The van der Waals surface area contributed by atoms with Crippen LogP contribution in [0.2, 0.25) is 0 Å². The average Bonchev–Trinajstić information content (AvgIpc) is 3.46. The number of benzene rings is 2. The number of carbonyl (C=O) groups excluding carboxylic acids is 1. The Morgan fingerprint density at radius 3 is 2.66 bits per heavy atom. The Labute approximate surface area is 235 Å². The van der Waals surface area contributed by atoms with Gasteiger partial charge in [-0.25, -0.2) is 9.79 Å². The van der Waals surface area contributed by atoms with E-state index in [-0.39, 0.29) is 18.4 Å². The van der Waals surface area contributed by atoms with Crippen molar-refractivity contribution in [3.05, 3.63) is 87.1 Å². The lowest BCUT2D eigenvalue weighted by Gasteiger charge is -2.43. The second-order valence-electron chi connectivity index (χ2n) is 10.3. The van der Waals surface area contributed by atoms with Crippen molar-refractivity contribution in [2.45, 2.75) is 32.2 Å². The van der Waals surface area contributed by atoms with Gasteiger partial charge in [0.15, 0.2) is 0 Å². The highest BCUT2D eigenvalue weighted by molar-refractivity contribution is 7.12. The van der Waals surface area contributed by atoms with Crippen LogP contribution in [0.4, 0.5) is 10.5 Å². The van der Waals surface area contributed by atoms with Crippen molar-refractivity contribution < 1.29 is 4.79 Å². The summed E-state index contributed by atoms with van der Waals surface area (Å²) in [6.07, 6.45) is 3.09. The Hall–Kier alpha value is -2.87. The summed E-state index contributed by atoms with van der Waals surface area (Å²) in [6, 6.07) is 22.2. The molecule has 2 amide bonds. The number of para-hydroxylation sites is 1.